The van der Waals surface area contributed by atoms with Crippen molar-refractivity contribution in [2.45, 2.75) is 27.2 Å². The molecule has 0 rings (SSSR count). The molecule has 60 valence electrons. The first-order chi connectivity index (χ1) is 4.76. The predicted molar refractivity (Wildman–Crippen MR) is 46.6 cm³/mol. The van der Waals surface area contributed by atoms with Gasteiger partial charge < -0.3 is 4.90 Å². The van der Waals surface area contributed by atoms with Gasteiger partial charge in [-0.2, -0.15) is 0 Å². The van der Waals surface area contributed by atoms with E-state index in [4.69, 9.17) is 0 Å². The van der Waals surface area contributed by atoms with Crippen LogP contribution in [-0.2, 0) is 0 Å². The Morgan fingerprint density at radius 1 is 1.40 bits per heavy atom. The summed E-state index contributed by atoms with van der Waals surface area (Å²) in [6.07, 6.45) is 1.20. The zero-order chi connectivity index (χ0) is 7.98. The number of hydrogen-bond acceptors (Lipinski definition) is 1. The highest BCUT2D eigenvalue weighted by atomic mass is 15.2. The van der Waals surface area contributed by atoms with Crippen LogP contribution < -0.4 is 0 Å². The second-order valence-corrected chi connectivity index (χ2v) is 2.35. The van der Waals surface area contributed by atoms with Crippen LogP contribution in [0.25, 0.3) is 0 Å². The highest BCUT2D eigenvalue weighted by Gasteiger charge is 1.99. The molecule has 2 heteroatoms. The molecule has 0 radical (unpaired) electrons. The molecule has 0 saturated heterocycles. The molecule has 0 aliphatic heterocycles. The summed E-state index contributed by atoms with van der Waals surface area (Å²) < 4.78 is 0. The van der Waals surface area contributed by atoms with Gasteiger partial charge in [0.2, 0.25) is 0 Å². The van der Waals surface area contributed by atoms with E-state index < -0.39 is 0 Å². The van der Waals surface area contributed by atoms with Crippen molar-refractivity contribution >= 4 is 5.84 Å². The molecule has 2 nitrogen and oxygen atoms in total. The highest BCUT2D eigenvalue weighted by molar-refractivity contribution is 5.79. The van der Waals surface area contributed by atoms with Gasteiger partial charge in [0.25, 0.3) is 0 Å². The summed E-state index contributed by atoms with van der Waals surface area (Å²) in [6, 6.07) is 0. The Morgan fingerprint density at radius 3 is 2.30 bits per heavy atom. The second kappa shape index (κ2) is 5.27. The Morgan fingerprint density at radius 2 is 2.00 bits per heavy atom. The zero-order valence-electron chi connectivity index (χ0n) is 7.52. The Kier molecular flexibility index (Phi) is 4.99. The first-order valence-electron chi connectivity index (χ1n) is 3.94. The van der Waals surface area contributed by atoms with Crippen LogP contribution in [-0.4, -0.2) is 30.9 Å². The maximum Gasteiger partial charge on any atom is 0.0953 e. The molecule has 0 amide bonds. The third kappa shape index (κ3) is 2.85. The monoisotopic (exact) mass is 142 g/mol. The van der Waals surface area contributed by atoms with Crippen molar-refractivity contribution in [3.63, 3.8) is 0 Å². The Balaban J connectivity index is 3.80. The lowest BCUT2D eigenvalue weighted by Gasteiger charge is -2.20. The number of nitrogens with zero attached hydrogens (tertiary/aromatic N) is 2. The number of amidine groups is 1. The lowest BCUT2D eigenvalue weighted by atomic mass is 10.4. The van der Waals surface area contributed by atoms with E-state index in [0.29, 0.717) is 0 Å². The van der Waals surface area contributed by atoms with Gasteiger partial charge in [-0.25, -0.2) is 0 Å². The average Bonchev–Trinajstić information content (AvgIpc) is 1.99. The summed E-state index contributed by atoms with van der Waals surface area (Å²) in [7, 11) is 1.84. The van der Waals surface area contributed by atoms with Crippen molar-refractivity contribution in [2.75, 3.05) is 20.1 Å². The number of aliphatic imine (C=N–C) groups is 1. The molecular weight excluding hydrogens is 124 g/mol. The Hall–Kier alpha value is -0.530. The lowest BCUT2D eigenvalue weighted by molar-refractivity contribution is 0.436. The molecule has 10 heavy (non-hydrogen) atoms. The lowest BCUT2D eigenvalue weighted by Crippen LogP contribution is -2.29. The van der Waals surface area contributed by atoms with Gasteiger partial charge in [0.1, 0.15) is 0 Å². The average molecular weight is 142 g/mol. The first kappa shape index (κ1) is 9.47. The van der Waals surface area contributed by atoms with Gasteiger partial charge in [0, 0.05) is 20.1 Å². The number of hydrogen-bond donors (Lipinski definition) is 0. The molecule has 0 atom stereocenters. The van der Waals surface area contributed by atoms with Crippen LogP contribution in [0.4, 0.5) is 0 Å². The van der Waals surface area contributed by atoms with Crippen LogP contribution >= 0.6 is 0 Å². The largest absolute Gasteiger partial charge is 0.361 e. The fourth-order valence-electron chi connectivity index (χ4n) is 0.960. The third-order valence-corrected chi connectivity index (χ3v) is 1.66. The Labute approximate surface area is 63.9 Å². The van der Waals surface area contributed by atoms with Crippen LogP contribution in [0.1, 0.15) is 27.2 Å². The van der Waals surface area contributed by atoms with Crippen molar-refractivity contribution in [2.24, 2.45) is 4.99 Å². The third-order valence-electron chi connectivity index (χ3n) is 1.66. The summed E-state index contributed by atoms with van der Waals surface area (Å²) in [6.45, 7) is 8.59. The normalized spacial score (nSPS) is 11.8. The van der Waals surface area contributed by atoms with Crippen LogP contribution in [0, 0.1) is 0 Å². The van der Waals surface area contributed by atoms with Crippen LogP contribution in [0.2, 0.25) is 0 Å². The van der Waals surface area contributed by atoms with Gasteiger partial charge in [-0.1, -0.05) is 6.92 Å². The van der Waals surface area contributed by atoms with Gasteiger partial charge in [-0.15, -0.1) is 0 Å². The molecule has 0 saturated carbocycles. The second-order valence-electron chi connectivity index (χ2n) is 2.35. The molecule has 0 unspecified atom stereocenters. The molecular formula is C8H18N2. The minimum atomic E-state index is 1.07. The topological polar surface area (TPSA) is 15.6 Å². The predicted octanol–water partition coefficient (Wildman–Crippen LogP) is 1.77. The van der Waals surface area contributed by atoms with Crippen molar-refractivity contribution in [3.05, 3.63) is 0 Å². The maximum atomic E-state index is 4.12. The van der Waals surface area contributed by atoms with Gasteiger partial charge >= 0.3 is 0 Å². The maximum absolute atomic E-state index is 4.12. The van der Waals surface area contributed by atoms with E-state index in [2.05, 4.69) is 30.7 Å². The highest BCUT2D eigenvalue weighted by Crippen LogP contribution is 1.92. The minimum Gasteiger partial charge on any atom is -0.361 e. The molecule has 0 fully saturated rings. The molecule has 0 aromatic heterocycles. The van der Waals surface area contributed by atoms with Gasteiger partial charge in [0.05, 0.1) is 5.84 Å². The zero-order valence-corrected chi connectivity index (χ0v) is 7.52. The van der Waals surface area contributed by atoms with E-state index in [9.17, 15) is 0 Å². The van der Waals surface area contributed by atoms with E-state index in [1.165, 1.54) is 6.42 Å². The summed E-state index contributed by atoms with van der Waals surface area (Å²) in [5, 5.41) is 0. The smallest absolute Gasteiger partial charge is 0.0953 e. The van der Waals surface area contributed by atoms with Gasteiger partial charge in [-0.05, 0) is 20.3 Å². The first-order valence-corrected chi connectivity index (χ1v) is 3.94. The van der Waals surface area contributed by atoms with Crippen LogP contribution in [0.3, 0.4) is 0 Å². The molecule has 0 spiro atoms. The summed E-state index contributed by atoms with van der Waals surface area (Å²) in [5.41, 5.74) is 0. The van der Waals surface area contributed by atoms with E-state index in [1.807, 2.05) is 7.05 Å². The van der Waals surface area contributed by atoms with Crippen molar-refractivity contribution in [1.82, 2.24) is 4.90 Å². The summed E-state index contributed by atoms with van der Waals surface area (Å²) in [5.74, 6) is 1.14. The molecule has 0 aliphatic carbocycles. The van der Waals surface area contributed by atoms with Gasteiger partial charge in [-0.3, -0.25) is 4.99 Å². The molecule has 0 bridgehead atoms. The number of rotatable bonds is 3. The molecule has 0 aromatic carbocycles. The van der Waals surface area contributed by atoms with E-state index in [1.54, 1.807) is 0 Å². The molecule has 0 aliphatic rings. The van der Waals surface area contributed by atoms with Gasteiger partial charge in [0.15, 0.2) is 0 Å². The van der Waals surface area contributed by atoms with E-state index >= 15 is 0 Å². The van der Waals surface area contributed by atoms with Crippen molar-refractivity contribution in [3.8, 4) is 0 Å². The quantitative estimate of drug-likeness (QED) is 0.433. The fourth-order valence-corrected chi connectivity index (χ4v) is 0.960. The fraction of sp³-hybridized carbons (Fsp3) is 0.875. The van der Waals surface area contributed by atoms with Crippen molar-refractivity contribution in [1.29, 1.82) is 0 Å². The minimum absolute atomic E-state index is 1.07. The Bertz CT molecular complexity index is 108. The van der Waals surface area contributed by atoms with E-state index in [-0.39, 0.29) is 0 Å². The summed E-state index contributed by atoms with van der Waals surface area (Å²) >= 11 is 0. The SMILES string of the molecule is CCCN(CC)C(C)=NC. The molecule has 0 heterocycles. The molecule has 0 N–H and O–H groups in total. The summed E-state index contributed by atoms with van der Waals surface area (Å²) in [4.78, 5) is 6.40. The van der Waals surface area contributed by atoms with E-state index in [0.717, 1.165) is 18.9 Å². The standard InChI is InChI=1S/C8H18N2/c1-5-7-10(6-2)8(3)9-4/h5-7H2,1-4H3. The van der Waals surface area contributed by atoms with Crippen LogP contribution in [0.5, 0.6) is 0 Å². The molecule has 0 aromatic rings. The van der Waals surface area contributed by atoms with Crippen molar-refractivity contribution < 1.29 is 0 Å². The van der Waals surface area contributed by atoms with Crippen LogP contribution in [0.15, 0.2) is 4.99 Å².